The van der Waals surface area contributed by atoms with Gasteiger partial charge in [-0.15, -0.1) is 0 Å². The zero-order valence-electron chi connectivity index (χ0n) is 6.85. The highest BCUT2D eigenvalue weighted by atomic mass is 35.5. The van der Waals surface area contributed by atoms with E-state index >= 15 is 0 Å². The van der Waals surface area contributed by atoms with E-state index in [4.69, 9.17) is 16.3 Å². The maximum atomic E-state index is 11.2. The van der Waals surface area contributed by atoms with E-state index in [1.807, 2.05) is 0 Å². The molecule has 0 atom stereocenters. The average Bonchev–Trinajstić information content (AvgIpc) is 2.32. The van der Waals surface area contributed by atoms with Crippen molar-refractivity contribution in [2.75, 3.05) is 6.61 Å². The van der Waals surface area contributed by atoms with E-state index < -0.39 is 5.97 Å². The topological polar surface area (TPSA) is 55.0 Å². The van der Waals surface area contributed by atoms with Crippen LogP contribution in [0.3, 0.4) is 0 Å². The molecule has 0 aliphatic carbocycles. The second-order valence-corrected chi connectivity index (χ2v) is 2.59. The number of hydrogen-bond donors (Lipinski definition) is 1. The molecule has 0 saturated heterocycles. The van der Waals surface area contributed by atoms with Gasteiger partial charge in [0.25, 0.3) is 0 Å². The summed E-state index contributed by atoms with van der Waals surface area (Å²) >= 11 is 5.63. The van der Waals surface area contributed by atoms with Crippen LogP contribution in [0, 0.1) is 6.92 Å². The van der Waals surface area contributed by atoms with Crippen molar-refractivity contribution in [3.63, 3.8) is 0 Å². The minimum absolute atomic E-state index is 0.158. The lowest BCUT2D eigenvalue weighted by atomic mass is 10.3. The lowest BCUT2D eigenvalue weighted by molar-refractivity contribution is 0.0526. The number of H-pyrrole nitrogens is 1. The van der Waals surface area contributed by atoms with Crippen molar-refractivity contribution in [2.24, 2.45) is 0 Å². The Balaban J connectivity index is 2.93. The zero-order valence-corrected chi connectivity index (χ0v) is 7.60. The van der Waals surface area contributed by atoms with Crippen LogP contribution >= 0.6 is 11.6 Å². The van der Waals surface area contributed by atoms with Gasteiger partial charge in [-0.3, -0.25) is 5.10 Å². The van der Waals surface area contributed by atoms with Gasteiger partial charge >= 0.3 is 5.97 Å². The Bertz CT molecular complexity index is 276. The fourth-order valence-corrected chi connectivity index (χ4v) is 1.10. The molecule has 66 valence electrons. The van der Waals surface area contributed by atoms with Crippen LogP contribution in [-0.4, -0.2) is 22.8 Å². The molecule has 0 aliphatic rings. The number of hydrogen-bond acceptors (Lipinski definition) is 3. The number of aryl methyl sites for hydroxylation is 1. The molecule has 5 heteroatoms. The Hall–Kier alpha value is -1.03. The third-order valence-corrected chi connectivity index (χ3v) is 1.66. The third-order valence-electron chi connectivity index (χ3n) is 1.38. The number of esters is 1. The fourth-order valence-electron chi connectivity index (χ4n) is 0.840. The maximum Gasteiger partial charge on any atom is 0.343 e. The summed E-state index contributed by atoms with van der Waals surface area (Å²) in [6.45, 7) is 3.78. The first-order valence-corrected chi connectivity index (χ1v) is 3.92. The normalized spacial score (nSPS) is 9.92. The fraction of sp³-hybridized carbons (Fsp3) is 0.429. The van der Waals surface area contributed by atoms with Gasteiger partial charge in [0.05, 0.1) is 6.61 Å². The Labute approximate surface area is 74.9 Å². The molecule has 4 nitrogen and oxygen atoms in total. The number of carbonyl (C=O) groups excluding carboxylic acids is 1. The van der Waals surface area contributed by atoms with Crippen LogP contribution in [-0.2, 0) is 4.74 Å². The number of halogens is 1. The molecule has 12 heavy (non-hydrogen) atoms. The van der Waals surface area contributed by atoms with E-state index in [0.29, 0.717) is 17.9 Å². The predicted octanol–water partition coefficient (Wildman–Crippen LogP) is 1.55. The molecule has 0 amide bonds. The molecule has 1 aromatic heterocycles. The number of aromatic amines is 1. The average molecular weight is 189 g/mol. The molecule has 0 spiro atoms. The molecule has 0 aromatic carbocycles. The number of nitrogens with zero attached hydrogens (tertiary/aromatic N) is 1. The van der Waals surface area contributed by atoms with Crippen LogP contribution in [0.1, 0.15) is 23.0 Å². The third kappa shape index (κ3) is 1.58. The number of rotatable bonds is 2. The Kier molecular flexibility index (Phi) is 2.70. The minimum Gasteiger partial charge on any atom is -0.462 e. The van der Waals surface area contributed by atoms with Gasteiger partial charge in [0.2, 0.25) is 0 Å². The smallest absolute Gasteiger partial charge is 0.343 e. The lowest BCUT2D eigenvalue weighted by Gasteiger charge is -1.99. The summed E-state index contributed by atoms with van der Waals surface area (Å²) in [4.78, 5) is 11.2. The van der Waals surface area contributed by atoms with E-state index in [9.17, 15) is 4.79 Å². The minimum atomic E-state index is -0.436. The summed E-state index contributed by atoms with van der Waals surface area (Å²) in [5.41, 5.74) is 0.942. The Morgan fingerprint density at radius 1 is 1.75 bits per heavy atom. The molecule has 0 unspecified atom stereocenters. The summed E-state index contributed by atoms with van der Waals surface area (Å²) in [6.07, 6.45) is 0. The van der Waals surface area contributed by atoms with Crippen LogP contribution in [0.15, 0.2) is 0 Å². The second-order valence-electron chi connectivity index (χ2n) is 2.23. The summed E-state index contributed by atoms with van der Waals surface area (Å²) in [5, 5.41) is 6.41. The zero-order chi connectivity index (χ0) is 9.14. The maximum absolute atomic E-state index is 11.2. The second kappa shape index (κ2) is 3.58. The van der Waals surface area contributed by atoms with Gasteiger partial charge in [0.15, 0.2) is 5.15 Å². The summed E-state index contributed by atoms with van der Waals surface area (Å²) < 4.78 is 4.76. The molecule has 0 aliphatic heterocycles. The van der Waals surface area contributed by atoms with Gasteiger partial charge in [-0.1, -0.05) is 11.6 Å². The van der Waals surface area contributed by atoms with E-state index in [0.717, 1.165) is 0 Å². The van der Waals surface area contributed by atoms with Crippen molar-refractivity contribution in [3.05, 3.63) is 16.4 Å². The highest BCUT2D eigenvalue weighted by molar-refractivity contribution is 6.32. The quantitative estimate of drug-likeness (QED) is 0.717. The van der Waals surface area contributed by atoms with E-state index in [1.165, 1.54) is 0 Å². The molecule has 0 saturated carbocycles. The first-order valence-electron chi connectivity index (χ1n) is 3.54. The van der Waals surface area contributed by atoms with Crippen molar-refractivity contribution in [2.45, 2.75) is 13.8 Å². The van der Waals surface area contributed by atoms with Crippen LogP contribution in [0.4, 0.5) is 0 Å². The van der Waals surface area contributed by atoms with E-state index in [-0.39, 0.29) is 5.15 Å². The molecule has 1 N–H and O–H groups in total. The molecule has 1 rings (SSSR count). The first kappa shape index (κ1) is 9.06. The van der Waals surface area contributed by atoms with Crippen molar-refractivity contribution in [3.8, 4) is 0 Å². The first-order chi connectivity index (χ1) is 5.66. The van der Waals surface area contributed by atoms with Gasteiger partial charge in [-0.25, -0.2) is 4.79 Å². The van der Waals surface area contributed by atoms with Crippen LogP contribution in [0.2, 0.25) is 5.15 Å². The summed E-state index contributed by atoms with van der Waals surface area (Å²) in [6, 6.07) is 0. The summed E-state index contributed by atoms with van der Waals surface area (Å²) in [7, 11) is 0. The van der Waals surface area contributed by atoms with Gasteiger partial charge < -0.3 is 4.74 Å². The van der Waals surface area contributed by atoms with Gasteiger partial charge in [-0.05, 0) is 13.8 Å². The Morgan fingerprint density at radius 2 is 2.42 bits per heavy atom. The highest BCUT2D eigenvalue weighted by Crippen LogP contribution is 2.16. The van der Waals surface area contributed by atoms with Crippen LogP contribution in [0.5, 0.6) is 0 Å². The van der Waals surface area contributed by atoms with Crippen LogP contribution < -0.4 is 0 Å². The van der Waals surface area contributed by atoms with E-state index in [1.54, 1.807) is 13.8 Å². The molecular formula is C7H9ClN2O2. The van der Waals surface area contributed by atoms with Crippen molar-refractivity contribution >= 4 is 17.6 Å². The molecule has 0 radical (unpaired) electrons. The van der Waals surface area contributed by atoms with Crippen LogP contribution in [0.25, 0.3) is 0 Å². The number of ether oxygens (including phenoxy) is 1. The molecule has 1 aromatic rings. The molecule has 1 heterocycles. The van der Waals surface area contributed by atoms with Crippen molar-refractivity contribution in [1.82, 2.24) is 10.2 Å². The lowest BCUT2D eigenvalue weighted by Crippen LogP contribution is -2.05. The molecule has 0 bridgehead atoms. The Morgan fingerprint density at radius 3 is 2.83 bits per heavy atom. The van der Waals surface area contributed by atoms with Gasteiger partial charge in [0.1, 0.15) is 5.56 Å². The number of carbonyl (C=O) groups is 1. The largest absolute Gasteiger partial charge is 0.462 e. The highest BCUT2D eigenvalue weighted by Gasteiger charge is 2.17. The van der Waals surface area contributed by atoms with Gasteiger partial charge in [-0.2, -0.15) is 5.10 Å². The SMILES string of the molecule is CCOC(=O)c1c(Cl)n[nH]c1C. The predicted molar refractivity (Wildman–Crippen MR) is 44.3 cm³/mol. The number of aromatic nitrogens is 2. The molecule has 0 fully saturated rings. The summed E-state index contributed by atoms with van der Waals surface area (Å²) in [5.74, 6) is -0.436. The van der Waals surface area contributed by atoms with Gasteiger partial charge in [0, 0.05) is 5.69 Å². The van der Waals surface area contributed by atoms with E-state index in [2.05, 4.69) is 10.2 Å². The standard InChI is InChI=1S/C7H9ClN2O2/c1-3-12-7(11)5-4(2)9-10-6(5)8/h3H2,1-2H3,(H,9,10). The molecular weight excluding hydrogens is 180 g/mol. The number of nitrogens with one attached hydrogen (secondary N) is 1. The monoisotopic (exact) mass is 188 g/mol. The van der Waals surface area contributed by atoms with Crippen molar-refractivity contribution < 1.29 is 9.53 Å². The van der Waals surface area contributed by atoms with Crippen molar-refractivity contribution in [1.29, 1.82) is 0 Å².